The van der Waals surface area contributed by atoms with Crippen LogP contribution in [0.1, 0.15) is 34.6 Å². The topological polar surface area (TPSA) is 106 Å². The molecule has 0 atom stereocenters. The van der Waals surface area contributed by atoms with E-state index in [-0.39, 0.29) is 17.6 Å². The third-order valence-electron chi connectivity index (χ3n) is 5.77. The van der Waals surface area contributed by atoms with Crippen molar-refractivity contribution in [2.75, 3.05) is 16.0 Å². The van der Waals surface area contributed by atoms with Crippen molar-refractivity contribution < 1.29 is 9.53 Å². The lowest BCUT2D eigenvalue weighted by atomic mass is 10.1. The molecule has 200 valence electrons. The van der Waals surface area contributed by atoms with Crippen LogP contribution in [0, 0.1) is 0 Å². The summed E-state index contributed by atoms with van der Waals surface area (Å²) in [5, 5.41) is 13.9. The molecule has 0 spiro atoms. The summed E-state index contributed by atoms with van der Waals surface area (Å²) in [5.74, 6) is 2.07. The van der Waals surface area contributed by atoms with Gasteiger partial charge in [-0.25, -0.2) is 14.8 Å². The van der Waals surface area contributed by atoms with Crippen molar-refractivity contribution in [1.29, 1.82) is 0 Å². The standard InChI is InChI=1S/C29H31N7O2S/c1-18(2)32-26-15-22(12-13-30-26)38-21-9-7-20(8-10-21)33-28(37)34-24-16-36(29(3,4)5)35-27(24)19-6-11-25-23(14-19)31-17-39-25/h6-18H,1-5H3,(H,30,32)(H2,33,34,37). The van der Waals surface area contributed by atoms with Crippen molar-refractivity contribution in [2.45, 2.75) is 46.2 Å². The highest BCUT2D eigenvalue weighted by Gasteiger charge is 2.21. The number of amides is 2. The van der Waals surface area contributed by atoms with Crippen molar-refractivity contribution in [3.05, 3.63) is 72.5 Å². The van der Waals surface area contributed by atoms with Gasteiger partial charge in [0.15, 0.2) is 0 Å². The van der Waals surface area contributed by atoms with E-state index in [4.69, 9.17) is 9.84 Å². The summed E-state index contributed by atoms with van der Waals surface area (Å²) in [6.07, 6.45) is 3.56. The number of ether oxygens (including phenoxy) is 1. The van der Waals surface area contributed by atoms with Crippen LogP contribution in [0.5, 0.6) is 11.5 Å². The molecule has 9 nitrogen and oxygen atoms in total. The van der Waals surface area contributed by atoms with Gasteiger partial charge in [-0.05, 0) is 77.1 Å². The molecule has 0 aliphatic heterocycles. The second-order valence-electron chi connectivity index (χ2n) is 10.4. The number of aromatic nitrogens is 4. The zero-order chi connectivity index (χ0) is 27.6. The summed E-state index contributed by atoms with van der Waals surface area (Å²) in [6, 6.07) is 16.8. The first-order chi connectivity index (χ1) is 18.6. The van der Waals surface area contributed by atoms with Gasteiger partial charge >= 0.3 is 6.03 Å². The maximum absolute atomic E-state index is 13.0. The third kappa shape index (κ3) is 6.35. The number of urea groups is 1. The van der Waals surface area contributed by atoms with E-state index in [0.29, 0.717) is 28.6 Å². The van der Waals surface area contributed by atoms with E-state index < -0.39 is 0 Å². The first kappa shape index (κ1) is 26.2. The Bertz CT molecular complexity index is 1600. The van der Waals surface area contributed by atoms with Gasteiger partial charge in [0.1, 0.15) is 23.0 Å². The minimum atomic E-state index is -0.369. The van der Waals surface area contributed by atoms with Crippen LogP contribution in [0.3, 0.4) is 0 Å². The Kier molecular flexibility index (Phi) is 7.21. The van der Waals surface area contributed by atoms with E-state index in [1.807, 2.05) is 40.7 Å². The molecule has 3 N–H and O–H groups in total. The fraction of sp³-hybridized carbons (Fsp3) is 0.241. The molecular formula is C29H31N7O2S. The summed E-state index contributed by atoms with van der Waals surface area (Å²) < 4.78 is 8.92. The van der Waals surface area contributed by atoms with Crippen LogP contribution in [-0.4, -0.2) is 31.8 Å². The molecule has 0 aliphatic carbocycles. The fourth-order valence-electron chi connectivity index (χ4n) is 3.90. The summed E-state index contributed by atoms with van der Waals surface area (Å²) in [4.78, 5) is 21.7. The molecule has 0 bridgehead atoms. The zero-order valence-electron chi connectivity index (χ0n) is 22.5. The molecule has 2 aromatic carbocycles. The number of fused-ring (bicyclic) bond motifs is 1. The Hall–Kier alpha value is -4.44. The number of hydrogen-bond acceptors (Lipinski definition) is 7. The second kappa shape index (κ2) is 10.7. The van der Waals surface area contributed by atoms with Gasteiger partial charge in [-0.2, -0.15) is 5.10 Å². The van der Waals surface area contributed by atoms with E-state index >= 15 is 0 Å². The number of anilines is 3. The van der Waals surface area contributed by atoms with Crippen molar-refractivity contribution >= 4 is 44.8 Å². The van der Waals surface area contributed by atoms with Crippen molar-refractivity contribution in [3.8, 4) is 22.8 Å². The van der Waals surface area contributed by atoms with Crippen molar-refractivity contribution in [3.63, 3.8) is 0 Å². The molecular weight excluding hydrogens is 510 g/mol. The predicted octanol–water partition coefficient (Wildman–Crippen LogP) is 7.57. The fourth-order valence-corrected chi connectivity index (χ4v) is 4.56. The molecule has 3 heterocycles. The lowest BCUT2D eigenvalue weighted by Gasteiger charge is -2.18. The van der Waals surface area contributed by atoms with Gasteiger partial charge in [-0.15, -0.1) is 11.3 Å². The Labute approximate surface area is 231 Å². The number of benzene rings is 2. The highest BCUT2D eigenvalue weighted by Crippen LogP contribution is 2.32. The van der Waals surface area contributed by atoms with Gasteiger partial charge in [0.2, 0.25) is 0 Å². The number of rotatable bonds is 7. The van der Waals surface area contributed by atoms with Gasteiger partial charge in [0.05, 0.1) is 27.0 Å². The van der Waals surface area contributed by atoms with Crippen LogP contribution in [0.4, 0.5) is 22.0 Å². The number of hydrogen-bond donors (Lipinski definition) is 3. The van der Waals surface area contributed by atoms with Crippen LogP contribution in [0.15, 0.2) is 72.5 Å². The number of carbonyl (C=O) groups is 1. The van der Waals surface area contributed by atoms with Crippen molar-refractivity contribution in [2.24, 2.45) is 0 Å². The Balaban J connectivity index is 1.29. The molecule has 5 aromatic rings. The highest BCUT2D eigenvalue weighted by atomic mass is 32.1. The lowest BCUT2D eigenvalue weighted by molar-refractivity contribution is 0.262. The predicted molar refractivity (Wildman–Crippen MR) is 158 cm³/mol. The average molecular weight is 542 g/mol. The monoisotopic (exact) mass is 541 g/mol. The molecule has 5 rings (SSSR count). The molecule has 39 heavy (non-hydrogen) atoms. The molecule has 10 heteroatoms. The Morgan fingerprint density at radius 3 is 2.51 bits per heavy atom. The van der Waals surface area contributed by atoms with Gasteiger partial charge in [0, 0.05) is 35.8 Å². The number of carbonyl (C=O) groups excluding carboxylic acids is 1. The number of pyridine rings is 1. The molecule has 0 fully saturated rings. The van der Waals surface area contributed by atoms with E-state index in [0.717, 1.165) is 21.6 Å². The molecule has 0 aliphatic rings. The van der Waals surface area contributed by atoms with E-state index in [1.165, 1.54) is 0 Å². The van der Waals surface area contributed by atoms with Crippen LogP contribution in [-0.2, 0) is 5.54 Å². The minimum absolute atomic E-state index is 0.258. The summed E-state index contributed by atoms with van der Waals surface area (Å²) in [5.41, 5.74) is 5.28. The van der Waals surface area contributed by atoms with Crippen LogP contribution in [0.25, 0.3) is 21.5 Å². The molecule has 0 saturated heterocycles. The van der Waals surface area contributed by atoms with Gasteiger partial charge in [0.25, 0.3) is 0 Å². The number of nitrogens with one attached hydrogen (secondary N) is 3. The average Bonchev–Trinajstić information content (AvgIpc) is 3.51. The van der Waals surface area contributed by atoms with E-state index in [9.17, 15) is 4.79 Å². The number of nitrogens with zero attached hydrogens (tertiary/aromatic N) is 4. The summed E-state index contributed by atoms with van der Waals surface area (Å²) in [6.45, 7) is 10.3. The smallest absolute Gasteiger partial charge is 0.323 e. The van der Waals surface area contributed by atoms with Crippen molar-refractivity contribution in [1.82, 2.24) is 19.7 Å². The van der Waals surface area contributed by atoms with E-state index in [1.54, 1.807) is 47.9 Å². The quantitative estimate of drug-likeness (QED) is 0.196. The van der Waals surface area contributed by atoms with Crippen LogP contribution in [0.2, 0.25) is 0 Å². The third-order valence-corrected chi connectivity index (χ3v) is 6.58. The van der Waals surface area contributed by atoms with Gasteiger partial charge in [-0.1, -0.05) is 6.07 Å². The van der Waals surface area contributed by atoms with Crippen LogP contribution < -0.4 is 20.7 Å². The van der Waals surface area contributed by atoms with Gasteiger partial charge in [-0.3, -0.25) is 4.68 Å². The van der Waals surface area contributed by atoms with Crippen LogP contribution >= 0.6 is 11.3 Å². The summed E-state index contributed by atoms with van der Waals surface area (Å²) in [7, 11) is 0. The maximum Gasteiger partial charge on any atom is 0.323 e. The minimum Gasteiger partial charge on any atom is -0.457 e. The number of thiazole rings is 1. The second-order valence-corrected chi connectivity index (χ2v) is 11.3. The molecule has 0 saturated carbocycles. The molecule has 0 unspecified atom stereocenters. The molecule has 2 amide bonds. The first-order valence-electron chi connectivity index (χ1n) is 12.7. The highest BCUT2D eigenvalue weighted by molar-refractivity contribution is 7.16. The lowest BCUT2D eigenvalue weighted by Crippen LogP contribution is -2.22. The first-order valence-corrected chi connectivity index (χ1v) is 13.5. The van der Waals surface area contributed by atoms with E-state index in [2.05, 4.69) is 60.5 Å². The molecule has 3 aromatic heterocycles. The molecule has 0 radical (unpaired) electrons. The SMILES string of the molecule is CC(C)Nc1cc(Oc2ccc(NC(=O)Nc3cn(C(C)(C)C)nc3-c3ccc4scnc4c3)cc2)ccn1. The van der Waals surface area contributed by atoms with Gasteiger partial charge < -0.3 is 20.7 Å². The largest absolute Gasteiger partial charge is 0.457 e. The Morgan fingerprint density at radius 2 is 1.77 bits per heavy atom. The normalized spacial score (nSPS) is 11.5. The zero-order valence-corrected chi connectivity index (χ0v) is 23.3. The maximum atomic E-state index is 13.0. The Morgan fingerprint density at radius 1 is 0.974 bits per heavy atom. The summed E-state index contributed by atoms with van der Waals surface area (Å²) >= 11 is 1.59.